The fourth-order valence-corrected chi connectivity index (χ4v) is 6.92. The van der Waals surface area contributed by atoms with Crippen LogP contribution in [-0.2, 0) is 12.8 Å². The smallest absolute Gasteiger partial charge is 0.254 e. The number of amides is 1. The van der Waals surface area contributed by atoms with E-state index in [1.807, 2.05) is 18.2 Å². The second kappa shape index (κ2) is 8.66. The van der Waals surface area contributed by atoms with E-state index < -0.39 is 0 Å². The van der Waals surface area contributed by atoms with Crippen LogP contribution < -0.4 is 5.32 Å². The first-order valence-corrected chi connectivity index (χ1v) is 12.7. The Balaban J connectivity index is 1.31. The van der Waals surface area contributed by atoms with Gasteiger partial charge in [0.15, 0.2) is 0 Å². The normalized spacial score (nSPS) is 29.7. The number of benzene rings is 2. The highest BCUT2D eigenvalue weighted by Gasteiger charge is 2.61. The molecule has 1 aliphatic carbocycles. The molecule has 3 aromatic rings. The molecule has 5 atom stereocenters. The Kier molecular flexibility index (Phi) is 5.49. The summed E-state index contributed by atoms with van der Waals surface area (Å²) in [4.78, 5) is 21.0. The average molecular weight is 452 g/mol. The third-order valence-electron chi connectivity index (χ3n) is 8.57. The van der Waals surface area contributed by atoms with Crippen LogP contribution in [0.3, 0.4) is 0 Å². The molecule has 6 rings (SSSR count). The number of rotatable bonds is 5. The van der Waals surface area contributed by atoms with Gasteiger partial charge >= 0.3 is 0 Å². The molecule has 0 unspecified atom stereocenters. The minimum atomic E-state index is 0.158. The van der Waals surface area contributed by atoms with Crippen molar-refractivity contribution >= 4 is 5.91 Å². The number of carbonyl (C=O) groups is 1. The van der Waals surface area contributed by atoms with Crippen molar-refractivity contribution in [3.63, 3.8) is 0 Å². The van der Waals surface area contributed by atoms with Crippen molar-refractivity contribution in [2.75, 3.05) is 0 Å². The van der Waals surface area contributed by atoms with Crippen LogP contribution in [0.4, 0.5) is 0 Å². The number of carbonyl (C=O) groups excluding carboxylic acids is 1. The van der Waals surface area contributed by atoms with E-state index in [4.69, 9.17) is 0 Å². The maximum atomic E-state index is 14.1. The van der Waals surface area contributed by atoms with Gasteiger partial charge in [0, 0.05) is 53.5 Å². The summed E-state index contributed by atoms with van der Waals surface area (Å²) in [5, 5.41) is 4.01. The fraction of sp³-hybridized carbons (Fsp3) is 0.400. The number of piperidine rings is 1. The second-order valence-electron chi connectivity index (χ2n) is 10.7. The molecule has 1 N–H and O–H groups in total. The summed E-state index contributed by atoms with van der Waals surface area (Å²) in [6.45, 7) is 2.42. The highest BCUT2D eigenvalue weighted by molar-refractivity contribution is 5.95. The zero-order valence-corrected chi connectivity index (χ0v) is 19.9. The monoisotopic (exact) mass is 451 g/mol. The highest BCUT2D eigenvalue weighted by atomic mass is 16.2. The first kappa shape index (κ1) is 21.5. The predicted octanol–water partition coefficient (Wildman–Crippen LogP) is 5.03. The molecule has 34 heavy (non-hydrogen) atoms. The molecule has 4 heteroatoms. The van der Waals surface area contributed by atoms with Crippen molar-refractivity contribution in [1.82, 2.24) is 15.2 Å². The molecule has 0 radical (unpaired) electrons. The first-order chi connectivity index (χ1) is 16.6. The molecule has 1 aromatic heterocycles. The lowest BCUT2D eigenvalue weighted by atomic mass is 9.65. The third-order valence-corrected chi connectivity index (χ3v) is 8.57. The highest BCUT2D eigenvalue weighted by Crippen LogP contribution is 2.53. The van der Waals surface area contributed by atoms with E-state index in [2.05, 4.69) is 76.7 Å². The number of aromatic nitrogens is 1. The summed E-state index contributed by atoms with van der Waals surface area (Å²) in [6.07, 6.45) is 8.11. The minimum Gasteiger partial charge on any atom is -0.330 e. The van der Waals surface area contributed by atoms with Gasteiger partial charge in [0.2, 0.25) is 0 Å². The summed E-state index contributed by atoms with van der Waals surface area (Å²) < 4.78 is 0. The number of pyridine rings is 1. The van der Waals surface area contributed by atoms with Crippen LogP contribution in [0, 0.1) is 5.41 Å². The van der Waals surface area contributed by atoms with Crippen molar-refractivity contribution in [3.05, 3.63) is 101 Å². The van der Waals surface area contributed by atoms with Crippen LogP contribution in [0.1, 0.15) is 59.8 Å². The van der Waals surface area contributed by atoms with Crippen LogP contribution >= 0.6 is 0 Å². The molecule has 174 valence electrons. The van der Waals surface area contributed by atoms with Gasteiger partial charge in [-0.3, -0.25) is 9.78 Å². The number of hydrogen-bond acceptors (Lipinski definition) is 3. The summed E-state index contributed by atoms with van der Waals surface area (Å²) in [5.74, 6) is 0.179. The summed E-state index contributed by atoms with van der Waals surface area (Å²) >= 11 is 0. The zero-order valence-electron chi connectivity index (χ0n) is 19.9. The number of likely N-dealkylation sites (tertiary alicyclic amines) is 1. The maximum Gasteiger partial charge on any atom is 0.254 e. The van der Waals surface area contributed by atoms with Gasteiger partial charge in [-0.1, -0.05) is 67.6 Å². The van der Waals surface area contributed by atoms with Crippen LogP contribution in [0.25, 0.3) is 0 Å². The van der Waals surface area contributed by atoms with Crippen molar-refractivity contribution in [2.24, 2.45) is 5.41 Å². The molecular weight excluding hydrogens is 418 g/mol. The molecule has 2 aromatic carbocycles. The van der Waals surface area contributed by atoms with Crippen molar-refractivity contribution in [1.29, 1.82) is 0 Å². The Labute approximate surface area is 202 Å². The number of nitrogens with one attached hydrogen (secondary N) is 1. The van der Waals surface area contributed by atoms with Gasteiger partial charge < -0.3 is 10.2 Å². The van der Waals surface area contributed by atoms with Crippen LogP contribution in [0.2, 0.25) is 0 Å². The fourth-order valence-electron chi connectivity index (χ4n) is 6.92. The van der Waals surface area contributed by atoms with Crippen LogP contribution in [0.5, 0.6) is 0 Å². The SMILES string of the molecule is C[C@@]12C[C@H]3[C@H](Cc4ccccc4)N[C@@H]1CCC[C@@H]2N3C(=O)c1ccnc(Cc2ccccc2)c1. The molecule has 4 nitrogen and oxygen atoms in total. The van der Waals surface area contributed by atoms with Crippen molar-refractivity contribution < 1.29 is 4.79 Å². The van der Waals surface area contributed by atoms with Gasteiger partial charge in [-0.25, -0.2) is 0 Å². The molecule has 3 aliphatic rings. The van der Waals surface area contributed by atoms with E-state index in [9.17, 15) is 4.79 Å². The zero-order chi connectivity index (χ0) is 23.1. The Morgan fingerprint density at radius 3 is 2.53 bits per heavy atom. The van der Waals surface area contributed by atoms with Crippen molar-refractivity contribution in [2.45, 2.75) is 69.6 Å². The van der Waals surface area contributed by atoms with Gasteiger partial charge in [-0.05, 0) is 55.4 Å². The summed E-state index contributed by atoms with van der Waals surface area (Å²) in [5.41, 5.74) is 4.44. The van der Waals surface area contributed by atoms with Crippen LogP contribution in [0.15, 0.2) is 79.0 Å². The topological polar surface area (TPSA) is 45.2 Å². The van der Waals surface area contributed by atoms with Gasteiger partial charge in [-0.2, -0.15) is 0 Å². The standard InChI is InChI=1S/C30H33N3O/c1-30-20-26-25(18-22-11-6-3-7-12-22)32-27(30)13-8-14-28(30)33(26)29(34)23-15-16-31-24(19-23)17-21-9-4-2-5-10-21/h2-7,9-12,15-16,19,25-28,32H,8,13-14,17-18,20H2,1H3/t25-,26-,27+,28-,30+/m0/s1. The molecule has 1 amide bonds. The van der Waals surface area contributed by atoms with Crippen molar-refractivity contribution in [3.8, 4) is 0 Å². The molecule has 3 fully saturated rings. The molecular formula is C30H33N3O. The Bertz CT molecular complexity index is 1160. The van der Waals surface area contributed by atoms with E-state index in [0.29, 0.717) is 12.1 Å². The Hall–Kier alpha value is -2.98. The Morgan fingerprint density at radius 2 is 1.76 bits per heavy atom. The molecule has 0 spiro atoms. The molecule has 1 saturated carbocycles. The minimum absolute atomic E-state index is 0.158. The van der Waals surface area contributed by atoms with Gasteiger partial charge in [-0.15, -0.1) is 0 Å². The first-order valence-electron chi connectivity index (χ1n) is 12.7. The van der Waals surface area contributed by atoms with E-state index >= 15 is 0 Å². The summed E-state index contributed by atoms with van der Waals surface area (Å²) in [6, 6.07) is 26.3. The Morgan fingerprint density at radius 1 is 1.03 bits per heavy atom. The number of hydrogen-bond donors (Lipinski definition) is 1. The van der Waals surface area contributed by atoms with E-state index in [-0.39, 0.29) is 23.4 Å². The lowest BCUT2D eigenvalue weighted by Crippen LogP contribution is -2.58. The van der Waals surface area contributed by atoms with E-state index in [0.717, 1.165) is 36.9 Å². The van der Waals surface area contributed by atoms with E-state index in [1.54, 1.807) is 6.20 Å². The van der Waals surface area contributed by atoms with E-state index in [1.165, 1.54) is 24.0 Å². The molecule has 3 heterocycles. The third kappa shape index (κ3) is 3.74. The number of nitrogens with zero attached hydrogens (tertiary/aromatic N) is 2. The summed E-state index contributed by atoms with van der Waals surface area (Å²) in [7, 11) is 0. The van der Waals surface area contributed by atoms with Gasteiger partial charge in [0.25, 0.3) is 5.91 Å². The molecule has 2 saturated heterocycles. The molecule has 2 aliphatic heterocycles. The predicted molar refractivity (Wildman–Crippen MR) is 135 cm³/mol. The lowest BCUT2D eigenvalue weighted by Gasteiger charge is -2.46. The average Bonchev–Trinajstić information content (AvgIpc) is 3.18. The van der Waals surface area contributed by atoms with Gasteiger partial charge in [0.05, 0.1) is 0 Å². The number of fused-ring (bicyclic) bond motifs is 1. The molecule has 2 bridgehead atoms. The largest absolute Gasteiger partial charge is 0.330 e. The maximum absolute atomic E-state index is 14.1. The van der Waals surface area contributed by atoms with Crippen LogP contribution in [-0.4, -0.2) is 40.0 Å². The quantitative estimate of drug-likeness (QED) is 0.592. The second-order valence-corrected chi connectivity index (χ2v) is 10.7. The lowest BCUT2D eigenvalue weighted by molar-refractivity contribution is 0.0558. The van der Waals surface area contributed by atoms with Gasteiger partial charge in [0.1, 0.15) is 0 Å².